The Morgan fingerprint density at radius 1 is 0.758 bits per heavy atom. The molecular formula is C29H36Br2O2. The van der Waals surface area contributed by atoms with Crippen LogP contribution in [-0.2, 0) is 6.42 Å². The summed E-state index contributed by atoms with van der Waals surface area (Å²) in [5.74, 6) is -0.311. The second kappa shape index (κ2) is 12.9. The number of fused-ring (bicyclic) bond motifs is 3. The summed E-state index contributed by atoms with van der Waals surface area (Å²) in [4.78, 5) is 12.6. The predicted molar refractivity (Wildman–Crippen MR) is 149 cm³/mol. The van der Waals surface area contributed by atoms with Crippen molar-refractivity contribution >= 4 is 59.4 Å². The summed E-state index contributed by atoms with van der Waals surface area (Å²) in [6.45, 7) is 4.50. The molecule has 2 nitrogen and oxygen atoms in total. The topological polar surface area (TPSA) is 37.3 Å². The van der Waals surface area contributed by atoms with Gasteiger partial charge in [0.15, 0.2) is 0 Å². The number of hydrogen-bond donors (Lipinski definition) is 1. The average molecular weight is 576 g/mol. The normalized spacial score (nSPS) is 11.7. The van der Waals surface area contributed by atoms with Crippen LogP contribution in [0.15, 0.2) is 45.3 Å². The summed E-state index contributed by atoms with van der Waals surface area (Å²) < 4.78 is 1.90. The zero-order valence-electron chi connectivity index (χ0n) is 19.9. The van der Waals surface area contributed by atoms with Gasteiger partial charge in [0.25, 0.3) is 0 Å². The molecule has 0 heterocycles. The predicted octanol–water partition coefficient (Wildman–Crippen LogP) is 10.3. The molecule has 1 N–H and O–H groups in total. The first-order valence-corrected chi connectivity index (χ1v) is 14.1. The lowest BCUT2D eigenvalue weighted by molar-refractivity contribution is 0.0697. The number of hydrogen-bond acceptors (Lipinski definition) is 1. The van der Waals surface area contributed by atoms with Crippen LogP contribution < -0.4 is 0 Å². The minimum Gasteiger partial charge on any atom is -0.478 e. The first-order valence-electron chi connectivity index (χ1n) is 12.5. The van der Waals surface area contributed by atoms with Crippen molar-refractivity contribution in [2.45, 2.75) is 84.5 Å². The highest BCUT2D eigenvalue weighted by molar-refractivity contribution is 9.10. The lowest BCUT2D eigenvalue weighted by Gasteiger charge is -2.22. The Hall–Kier alpha value is -1.39. The van der Waals surface area contributed by atoms with Crippen molar-refractivity contribution in [1.29, 1.82) is 0 Å². The standard InChI is InChI=1S/C29H36Br2O2/c1-3-5-7-9-11-20(12-10-8-6-4-2)17-26-25-18-21(30)13-15-23(25)24-16-14-22(31)19-27(24)28(26)29(32)33/h13-16,18-20H,3-12,17H2,1-2H3,(H,32,33). The molecule has 0 saturated carbocycles. The third-order valence-electron chi connectivity index (χ3n) is 6.79. The molecule has 0 aliphatic carbocycles. The van der Waals surface area contributed by atoms with Crippen LogP contribution in [0.25, 0.3) is 21.5 Å². The highest BCUT2D eigenvalue weighted by Gasteiger charge is 2.22. The number of rotatable bonds is 13. The second-order valence-corrected chi connectivity index (χ2v) is 11.1. The van der Waals surface area contributed by atoms with Gasteiger partial charge < -0.3 is 5.11 Å². The molecule has 0 aromatic heterocycles. The molecule has 0 bridgehead atoms. The van der Waals surface area contributed by atoms with Gasteiger partial charge in [-0.2, -0.15) is 0 Å². The molecule has 0 aliphatic heterocycles. The Morgan fingerprint density at radius 3 is 1.79 bits per heavy atom. The van der Waals surface area contributed by atoms with E-state index in [1.54, 1.807) is 0 Å². The van der Waals surface area contributed by atoms with E-state index in [-0.39, 0.29) is 0 Å². The van der Waals surface area contributed by atoms with Gasteiger partial charge in [0.2, 0.25) is 0 Å². The average Bonchev–Trinajstić information content (AvgIpc) is 2.78. The third-order valence-corrected chi connectivity index (χ3v) is 7.77. The van der Waals surface area contributed by atoms with Crippen LogP contribution >= 0.6 is 31.9 Å². The molecule has 33 heavy (non-hydrogen) atoms. The van der Waals surface area contributed by atoms with Gasteiger partial charge in [-0.1, -0.05) is 122 Å². The van der Waals surface area contributed by atoms with E-state index in [0.717, 1.165) is 42.5 Å². The largest absolute Gasteiger partial charge is 0.478 e. The molecule has 0 fully saturated rings. The summed E-state index contributed by atoms with van der Waals surface area (Å²) in [6, 6.07) is 12.3. The van der Waals surface area contributed by atoms with Gasteiger partial charge in [-0.15, -0.1) is 0 Å². The zero-order valence-corrected chi connectivity index (χ0v) is 23.1. The van der Waals surface area contributed by atoms with Crippen LogP contribution in [0, 0.1) is 5.92 Å². The van der Waals surface area contributed by atoms with E-state index in [1.807, 2.05) is 18.2 Å². The van der Waals surface area contributed by atoms with Gasteiger partial charge in [0.1, 0.15) is 0 Å². The monoisotopic (exact) mass is 574 g/mol. The third kappa shape index (κ3) is 6.82. The molecule has 0 spiro atoms. The van der Waals surface area contributed by atoms with Crippen molar-refractivity contribution in [1.82, 2.24) is 0 Å². The molecule has 4 heteroatoms. The smallest absolute Gasteiger partial charge is 0.336 e. The van der Waals surface area contributed by atoms with Crippen LogP contribution in [0.1, 0.15) is 94.0 Å². The van der Waals surface area contributed by atoms with Crippen LogP contribution in [0.2, 0.25) is 0 Å². The van der Waals surface area contributed by atoms with E-state index in [1.165, 1.54) is 64.2 Å². The first-order chi connectivity index (χ1) is 16.0. The Kier molecular flexibility index (Phi) is 10.2. The van der Waals surface area contributed by atoms with Gasteiger partial charge in [0.05, 0.1) is 5.56 Å². The number of unbranched alkanes of at least 4 members (excludes halogenated alkanes) is 6. The molecule has 178 valence electrons. The van der Waals surface area contributed by atoms with Crippen LogP contribution in [0.4, 0.5) is 0 Å². The number of carboxylic acid groups (broad SMARTS) is 1. The Bertz CT molecular complexity index is 1080. The summed E-state index contributed by atoms with van der Waals surface area (Å²) in [7, 11) is 0. The highest BCUT2D eigenvalue weighted by Crippen LogP contribution is 2.38. The highest BCUT2D eigenvalue weighted by atomic mass is 79.9. The molecule has 0 unspecified atom stereocenters. The SMILES string of the molecule is CCCCCCC(CCCCCC)Cc1c(C(=O)O)c2cc(Br)ccc2c2ccc(Br)cc12. The lowest BCUT2D eigenvalue weighted by Crippen LogP contribution is -2.11. The molecule has 0 atom stereocenters. The molecule has 0 saturated heterocycles. The molecule has 3 aromatic rings. The van der Waals surface area contributed by atoms with Crippen molar-refractivity contribution < 1.29 is 9.90 Å². The van der Waals surface area contributed by atoms with Crippen molar-refractivity contribution in [3.05, 3.63) is 56.5 Å². The van der Waals surface area contributed by atoms with Crippen LogP contribution in [0.3, 0.4) is 0 Å². The zero-order chi connectivity index (χ0) is 23.8. The number of benzene rings is 3. The molecule has 0 radical (unpaired) electrons. The van der Waals surface area contributed by atoms with Crippen LogP contribution in [0.5, 0.6) is 0 Å². The maximum atomic E-state index is 12.6. The summed E-state index contributed by atoms with van der Waals surface area (Å²) in [5, 5.41) is 14.4. The number of carboxylic acids is 1. The number of carbonyl (C=O) groups is 1. The second-order valence-electron chi connectivity index (χ2n) is 9.31. The molecule has 3 rings (SSSR count). The molecule has 0 amide bonds. The summed E-state index contributed by atoms with van der Waals surface area (Å²) in [5.41, 5.74) is 1.48. The van der Waals surface area contributed by atoms with Gasteiger partial charge in [-0.3, -0.25) is 0 Å². The van der Waals surface area contributed by atoms with Crippen molar-refractivity contribution in [2.24, 2.45) is 5.92 Å². The minimum absolute atomic E-state index is 0.476. The molecular weight excluding hydrogens is 540 g/mol. The fourth-order valence-corrected chi connectivity index (χ4v) is 5.79. The number of aromatic carboxylic acids is 1. The van der Waals surface area contributed by atoms with E-state index >= 15 is 0 Å². The number of halogens is 2. The fraction of sp³-hybridized carbons (Fsp3) is 0.483. The van der Waals surface area contributed by atoms with Crippen molar-refractivity contribution in [2.75, 3.05) is 0 Å². The van der Waals surface area contributed by atoms with E-state index in [4.69, 9.17) is 0 Å². The Morgan fingerprint density at radius 2 is 1.27 bits per heavy atom. The maximum absolute atomic E-state index is 12.6. The summed E-state index contributed by atoms with van der Waals surface area (Å²) >= 11 is 7.20. The molecule has 3 aromatic carbocycles. The quantitative estimate of drug-likeness (QED) is 0.162. The first kappa shape index (κ1) is 26.2. The van der Waals surface area contributed by atoms with Crippen molar-refractivity contribution in [3.63, 3.8) is 0 Å². The fourth-order valence-electron chi connectivity index (χ4n) is 5.07. The van der Waals surface area contributed by atoms with Crippen LogP contribution in [-0.4, -0.2) is 11.1 Å². The van der Waals surface area contributed by atoms with E-state index < -0.39 is 5.97 Å². The van der Waals surface area contributed by atoms with Gasteiger partial charge >= 0.3 is 5.97 Å². The van der Waals surface area contributed by atoms with Crippen molar-refractivity contribution in [3.8, 4) is 0 Å². The van der Waals surface area contributed by atoms with E-state index in [2.05, 4.69) is 63.9 Å². The van der Waals surface area contributed by atoms with Gasteiger partial charge in [0, 0.05) is 8.95 Å². The van der Waals surface area contributed by atoms with E-state index in [0.29, 0.717) is 11.5 Å². The van der Waals surface area contributed by atoms with E-state index in [9.17, 15) is 9.90 Å². The Balaban J connectivity index is 2.08. The Labute approximate surface area is 215 Å². The van der Waals surface area contributed by atoms with Gasteiger partial charge in [-0.05, 0) is 63.7 Å². The molecule has 0 aliphatic rings. The summed E-state index contributed by atoms with van der Waals surface area (Å²) in [6.07, 6.45) is 13.2. The maximum Gasteiger partial charge on any atom is 0.336 e. The van der Waals surface area contributed by atoms with Gasteiger partial charge in [-0.25, -0.2) is 4.79 Å². The lowest BCUT2D eigenvalue weighted by atomic mass is 9.83. The minimum atomic E-state index is -0.828.